The molecule has 0 atom stereocenters. The molecule has 0 saturated carbocycles. The minimum absolute atomic E-state index is 0.261. The maximum atomic E-state index is 12.5. The van der Waals surface area contributed by atoms with Crippen molar-refractivity contribution < 1.29 is 18.0 Å². The van der Waals surface area contributed by atoms with E-state index in [1.807, 2.05) is 17.6 Å². The number of carbonyl (C=O) groups excluding carboxylic acids is 1. The van der Waals surface area contributed by atoms with Crippen molar-refractivity contribution in [1.29, 1.82) is 0 Å². The fraction of sp³-hybridized carbons (Fsp3) is 0.111. The molecule has 1 heterocycles. The molecule has 0 aliphatic carbocycles. The van der Waals surface area contributed by atoms with Crippen LogP contribution in [-0.4, -0.2) is 15.6 Å². The Hall–Kier alpha value is -3.29. The number of halogens is 3. The standard InChI is InChI=1S/C18H15F3N4O/c1-12-22-9-10-25(12)16-4-2-3-15(11-16)24-17(26)23-14-7-5-13(6-8-14)18(19,20)21/h2-11H,1H3,(H2,23,24,26). The van der Waals surface area contributed by atoms with Crippen LogP contribution in [0.4, 0.5) is 29.3 Å². The zero-order valence-electron chi connectivity index (χ0n) is 13.7. The monoisotopic (exact) mass is 360 g/mol. The third-order valence-electron chi connectivity index (χ3n) is 3.68. The summed E-state index contributed by atoms with van der Waals surface area (Å²) in [5.74, 6) is 0.802. The number of aryl methyl sites for hydroxylation is 1. The zero-order valence-corrected chi connectivity index (χ0v) is 13.7. The van der Waals surface area contributed by atoms with E-state index in [1.54, 1.807) is 30.6 Å². The molecule has 26 heavy (non-hydrogen) atoms. The van der Waals surface area contributed by atoms with Crippen LogP contribution in [0.2, 0.25) is 0 Å². The van der Waals surface area contributed by atoms with Crippen LogP contribution in [0.15, 0.2) is 60.9 Å². The average Bonchev–Trinajstić information content (AvgIpc) is 3.01. The Bertz CT molecular complexity index is 917. The molecule has 2 N–H and O–H groups in total. The van der Waals surface area contributed by atoms with Crippen LogP contribution in [0.3, 0.4) is 0 Å². The molecular weight excluding hydrogens is 345 g/mol. The van der Waals surface area contributed by atoms with Gasteiger partial charge >= 0.3 is 12.2 Å². The Balaban J connectivity index is 1.68. The molecule has 0 saturated heterocycles. The molecule has 0 spiro atoms. The molecule has 0 unspecified atom stereocenters. The first-order valence-electron chi connectivity index (χ1n) is 7.68. The number of alkyl halides is 3. The number of anilines is 2. The van der Waals surface area contributed by atoms with Crippen LogP contribution in [0.25, 0.3) is 5.69 Å². The Morgan fingerprint density at radius 1 is 1.04 bits per heavy atom. The van der Waals surface area contributed by atoms with Gasteiger partial charge in [0.2, 0.25) is 0 Å². The van der Waals surface area contributed by atoms with Crippen molar-refractivity contribution in [3.8, 4) is 5.69 Å². The first kappa shape index (κ1) is 17.5. The lowest BCUT2D eigenvalue weighted by Gasteiger charge is -2.11. The Morgan fingerprint density at radius 2 is 1.73 bits per heavy atom. The predicted octanol–water partition coefficient (Wildman–Crippen LogP) is 4.84. The second-order valence-corrected chi connectivity index (χ2v) is 5.55. The van der Waals surface area contributed by atoms with E-state index in [2.05, 4.69) is 15.6 Å². The molecule has 0 aliphatic rings. The van der Waals surface area contributed by atoms with E-state index >= 15 is 0 Å². The second kappa shape index (κ2) is 6.91. The van der Waals surface area contributed by atoms with E-state index in [9.17, 15) is 18.0 Å². The van der Waals surface area contributed by atoms with Crippen LogP contribution in [-0.2, 0) is 6.18 Å². The van der Waals surface area contributed by atoms with Gasteiger partial charge in [0.05, 0.1) is 5.56 Å². The van der Waals surface area contributed by atoms with Crippen molar-refractivity contribution in [3.05, 3.63) is 72.3 Å². The highest BCUT2D eigenvalue weighted by molar-refractivity contribution is 5.99. The summed E-state index contributed by atoms with van der Waals surface area (Å²) in [4.78, 5) is 16.2. The SMILES string of the molecule is Cc1nccn1-c1cccc(NC(=O)Nc2ccc(C(F)(F)F)cc2)c1. The second-order valence-electron chi connectivity index (χ2n) is 5.55. The first-order valence-corrected chi connectivity index (χ1v) is 7.68. The van der Waals surface area contributed by atoms with E-state index < -0.39 is 17.8 Å². The lowest BCUT2D eigenvalue weighted by Crippen LogP contribution is -2.19. The van der Waals surface area contributed by atoms with Crippen molar-refractivity contribution in [3.63, 3.8) is 0 Å². The van der Waals surface area contributed by atoms with E-state index in [1.165, 1.54) is 12.1 Å². The van der Waals surface area contributed by atoms with E-state index in [0.29, 0.717) is 5.69 Å². The third kappa shape index (κ3) is 4.02. The quantitative estimate of drug-likeness (QED) is 0.702. The number of carbonyl (C=O) groups is 1. The molecule has 0 fully saturated rings. The number of nitrogens with zero attached hydrogens (tertiary/aromatic N) is 2. The van der Waals surface area contributed by atoms with E-state index in [-0.39, 0.29) is 5.69 Å². The van der Waals surface area contributed by atoms with E-state index in [0.717, 1.165) is 23.6 Å². The summed E-state index contributed by atoms with van der Waals surface area (Å²) < 4.78 is 39.5. The van der Waals surface area contributed by atoms with Crippen LogP contribution < -0.4 is 10.6 Å². The third-order valence-corrected chi connectivity index (χ3v) is 3.68. The molecule has 2 amide bonds. The average molecular weight is 360 g/mol. The maximum absolute atomic E-state index is 12.5. The van der Waals surface area contributed by atoms with Gasteiger partial charge in [0, 0.05) is 29.5 Å². The van der Waals surface area contributed by atoms with Crippen LogP contribution in [0.1, 0.15) is 11.4 Å². The summed E-state index contributed by atoms with van der Waals surface area (Å²) in [5.41, 5.74) is 0.858. The lowest BCUT2D eigenvalue weighted by molar-refractivity contribution is -0.137. The van der Waals surface area contributed by atoms with Crippen LogP contribution >= 0.6 is 0 Å². The molecule has 134 valence electrons. The maximum Gasteiger partial charge on any atom is 0.416 e. The largest absolute Gasteiger partial charge is 0.416 e. The Morgan fingerprint density at radius 3 is 2.35 bits per heavy atom. The molecule has 8 heteroatoms. The van der Waals surface area contributed by atoms with Gasteiger partial charge < -0.3 is 15.2 Å². The summed E-state index contributed by atoms with van der Waals surface area (Å²) in [6.45, 7) is 1.86. The van der Waals surface area contributed by atoms with Gasteiger partial charge in [0.15, 0.2) is 0 Å². The van der Waals surface area contributed by atoms with Crippen LogP contribution in [0.5, 0.6) is 0 Å². The molecular formula is C18H15F3N4O. The van der Waals surface area contributed by atoms with Gasteiger partial charge in [-0.25, -0.2) is 9.78 Å². The fourth-order valence-electron chi connectivity index (χ4n) is 2.42. The lowest BCUT2D eigenvalue weighted by atomic mass is 10.2. The number of hydrogen-bond acceptors (Lipinski definition) is 2. The van der Waals surface area contributed by atoms with Crippen molar-refractivity contribution in [1.82, 2.24) is 9.55 Å². The van der Waals surface area contributed by atoms with Gasteiger partial charge in [0.25, 0.3) is 0 Å². The number of imidazole rings is 1. The minimum Gasteiger partial charge on any atom is -0.308 e. The molecule has 3 aromatic rings. The highest BCUT2D eigenvalue weighted by Crippen LogP contribution is 2.29. The summed E-state index contributed by atoms with van der Waals surface area (Å²) >= 11 is 0. The molecule has 0 aliphatic heterocycles. The van der Waals surface area contributed by atoms with Crippen molar-refractivity contribution in [2.75, 3.05) is 10.6 Å². The smallest absolute Gasteiger partial charge is 0.308 e. The molecule has 0 bridgehead atoms. The zero-order chi connectivity index (χ0) is 18.7. The minimum atomic E-state index is -4.41. The van der Waals surface area contributed by atoms with E-state index in [4.69, 9.17) is 0 Å². The fourth-order valence-corrected chi connectivity index (χ4v) is 2.42. The molecule has 2 aromatic carbocycles. The molecule has 0 radical (unpaired) electrons. The number of benzene rings is 2. The topological polar surface area (TPSA) is 59.0 Å². The van der Waals surface area contributed by atoms with Gasteiger partial charge in [0.1, 0.15) is 5.82 Å². The summed E-state index contributed by atoms with van der Waals surface area (Å²) in [6.07, 6.45) is -0.934. The summed E-state index contributed by atoms with van der Waals surface area (Å²) in [7, 11) is 0. The molecule has 1 aromatic heterocycles. The van der Waals surface area contributed by atoms with Gasteiger partial charge in [-0.2, -0.15) is 13.2 Å². The van der Waals surface area contributed by atoms with Crippen molar-refractivity contribution in [2.24, 2.45) is 0 Å². The molecule has 3 rings (SSSR count). The van der Waals surface area contributed by atoms with Gasteiger partial charge in [-0.3, -0.25) is 0 Å². The normalized spacial score (nSPS) is 11.2. The highest BCUT2D eigenvalue weighted by atomic mass is 19.4. The van der Waals surface area contributed by atoms with Gasteiger partial charge in [-0.05, 0) is 49.4 Å². The van der Waals surface area contributed by atoms with Crippen LogP contribution in [0, 0.1) is 6.92 Å². The number of hydrogen-bond donors (Lipinski definition) is 2. The summed E-state index contributed by atoms with van der Waals surface area (Å²) in [6, 6.07) is 10.8. The highest BCUT2D eigenvalue weighted by Gasteiger charge is 2.29. The first-order chi connectivity index (χ1) is 12.3. The number of nitrogens with one attached hydrogen (secondary N) is 2. The number of rotatable bonds is 3. The molecule has 5 nitrogen and oxygen atoms in total. The number of aromatic nitrogens is 2. The van der Waals surface area contributed by atoms with Crippen molar-refractivity contribution in [2.45, 2.75) is 13.1 Å². The van der Waals surface area contributed by atoms with Gasteiger partial charge in [-0.15, -0.1) is 0 Å². The Kier molecular flexibility index (Phi) is 4.66. The summed E-state index contributed by atoms with van der Waals surface area (Å²) in [5, 5.41) is 5.15. The predicted molar refractivity (Wildman–Crippen MR) is 92.4 cm³/mol. The number of amides is 2. The Labute approximate surface area is 147 Å². The number of urea groups is 1. The van der Waals surface area contributed by atoms with Crippen molar-refractivity contribution >= 4 is 17.4 Å². The van der Waals surface area contributed by atoms with Gasteiger partial charge in [-0.1, -0.05) is 6.07 Å².